The first kappa shape index (κ1) is 17.6. The van der Waals surface area contributed by atoms with Gasteiger partial charge < -0.3 is 10.2 Å². The number of benzene rings is 1. The number of aryl methyl sites for hydroxylation is 1. The molecule has 1 atom stereocenters. The van der Waals surface area contributed by atoms with E-state index in [2.05, 4.69) is 15.3 Å². The van der Waals surface area contributed by atoms with Gasteiger partial charge in [0, 0.05) is 30.0 Å². The van der Waals surface area contributed by atoms with Crippen molar-refractivity contribution < 1.29 is 12.8 Å². The zero-order valence-electron chi connectivity index (χ0n) is 14.2. The molecule has 1 aromatic heterocycles. The summed E-state index contributed by atoms with van der Waals surface area (Å²) in [5, 5.41) is 3.06. The lowest BCUT2D eigenvalue weighted by atomic mass is 10.2. The predicted molar refractivity (Wildman–Crippen MR) is 96.5 cm³/mol. The lowest BCUT2D eigenvalue weighted by Gasteiger charge is -2.28. The summed E-state index contributed by atoms with van der Waals surface area (Å²) in [4.78, 5) is 10.9. The molecule has 0 aliphatic carbocycles. The highest BCUT2D eigenvalue weighted by Gasteiger charge is 2.32. The van der Waals surface area contributed by atoms with Crippen molar-refractivity contribution in [3.63, 3.8) is 0 Å². The minimum atomic E-state index is -2.97. The second kappa shape index (κ2) is 6.95. The fraction of sp³-hybridized carbons (Fsp3) is 0.412. The van der Waals surface area contributed by atoms with Crippen LogP contribution in [0.3, 0.4) is 0 Å². The summed E-state index contributed by atoms with van der Waals surface area (Å²) in [6.07, 6.45) is 0.611. The van der Waals surface area contributed by atoms with Gasteiger partial charge in [0.25, 0.3) is 0 Å². The van der Waals surface area contributed by atoms with Gasteiger partial charge in [-0.05, 0) is 44.5 Å². The topological polar surface area (TPSA) is 75.2 Å². The maximum Gasteiger partial charge on any atom is 0.229 e. The van der Waals surface area contributed by atoms with Gasteiger partial charge >= 0.3 is 0 Å². The predicted octanol–water partition coefficient (Wildman–Crippen LogP) is 2.68. The van der Waals surface area contributed by atoms with Crippen LogP contribution in [0.5, 0.6) is 0 Å². The van der Waals surface area contributed by atoms with E-state index < -0.39 is 9.84 Å². The van der Waals surface area contributed by atoms with Gasteiger partial charge in [0.1, 0.15) is 11.6 Å². The molecule has 0 amide bonds. The van der Waals surface area contributed by atoms with Crippen molar-refractivity contribution in [2.24, 2.45) is 0 Å². The Kier molecular flexibility index (Phi) is 4.89. The third-order valence-electron chi connectivity index (χ3n) is 4.23. The summed E-state index contributed by atoms with van der Waals surface area (Å²) < 4.78 is 36.6. The lowest BCUT2D eigenvalue weighted by molar-refractivity contribution is 0.599. The van der Waals surface area contributed by atoms with Crippen molar-refractivity contribution in [2.45, 2.75) is 26.3 Å². The normalized spacial score (nSPS) is 18.9. The van der Waals surface area contributed by atoms with E-state index in [1.54, 1.807) is 12.1 Å². The molecule has 1 N–H and O–H groups in total. The minimum absolute atomic E-state index is 0.0667. The molecule has 134 valence electrons. The Morgan fingerprint density at radius 1 is 1.28 bits per heavy atom. The Balaban J connectivity index is 1.86. The summed E-state index contributed by atoms with van der Waals surface area (Å²) in [5.41, 5.74) is 1.46. The van der Waals surface area contributed by atoms with Crippen molar-refractivity contribution in [2.75, 3.05) is 28.3 Å². The molecular weight excluding hydrogens is 343 g/mol. The summed E-state index contributed by atoms with van der Waals surface area (Å²) in [5.74, 6) is 1.17. The van der Waals surface area contributed by atoms with Crippen LogP contribution in [0.25, 0.3) is 0 Å². The van der Waals surface area contributed by atoms with Gasteiger partial charge in [0.2, 0.25) is 5.95 Å². The number of anilines is 3. The molecule has 6 nitrogen and oxygen atoms in total. The molecule has 1 aliphatic rings. The van der Waals surface area contributed by atoms with Gasteiger partial charge in [-0.1, -0.05) is 0 Å². The molecule has 1 saturated heterocycles. The third kappa shape index (κ3) is 4.25. The van der Waals surface area contributed by atoms with Gasteiger partial charge in [0.15, 0.2) is 9.84 Å². The summed E-state index contributed by atoms with van der Waals surface area (Å²) >= 11 is 0. The van der Waals surface area contributed by atoms with Crippen molar-refractivity contribution in [1.82, 2.24) is 9.97 Å². The molecule has 1 aromatic carbocycles. The number of rotatable bonds is 5. The molecule has 0 spiro atoms. The Morgan fingerprint density at radius 3 is 2.60 bits per heavy atom. The monoisotopic (exact) mass is 364 g/mol. The van der Waals surface area contributed by atoms with Crippen LogP contribution in [0.1, 0.15) is 19.0 Å². The van der Waals surface area contributed by atoms with Crippen LogP contribution in [-0.2, 0) is 9.84 Å². The second-order valence-corrected chi connectivity index (χ2v) is 8.39. The number of sulfone groups is 1. The van der Waals surface area contributed by atoms with Crippen LogP contribution in [0, 0.1) is 12.7 Å². The van der Waals surface area contributed by atoms with E-state index >= 15 is 0 Å². The number of aromatic nitrogens is 2. The quantitative estimate of drug-likeness (QED) is 0.879. The van der Waals surface area contributed by atoms with Crippen LogP contribution in [-0.4, -0.2) is 42.5 Å². The van der Waals surface area contributed by atoms with Crippen molar-refractivity contribution in [3.05, 3.63) is 41.8 Å². The molecule has 2 heterocycles. The number of halogens is 1. The van der Waals surface area contributed by atoms with E-state index in [1.165, 1.54) is 12.1 Å². The molecule has 25 heavy (non-hydrogen) atoms. The van der Waals surface area contributed by atoms with Gasteiger partial charge in [0.05, 0.1) is 11.5 Å². The highest BCUT2D eigenvalue weighted by Crippen LogP contribution is 2.25. The SMILES string of the molecule is CCN(c1cc(C)nc(Nc2ccc(F)cc2)n1)C1CCS(=O)(=O)C1. The van der Waals surface area contributed by atoms with E-state index in [9.17, 15) is 12.8 Å². The highest BCUT2D eigenvalue weighted by atomic mass is 32.2. The van der Waals surface area contributed by atoms with E-state index in [0.717, 1.165) is 5.69 Å². The molecule has 2 aromatic rings. The second-order valence-electron chi connectivity index (χ2n) is 6.17. The van der Waals surface area contributed by atoms with Gasteiger partial charge in [-0.3, -0.25) is 0 Å². The number of nitrogens with zero attached hydrogens (tertiary/aromatic N) is 3. The average Bonchev–Trinajstić information content (AvgIpc) is 2.90. The first-order chi connectivity index (χ1) is 11.9. The Morgan fingerprint density at radius 2 is 2.00 bits per heavy atom. The lowest BCUT2D eigenvalue weighted by Crippen LogP contribution is -2.36. The first-order valence-corrected chi connectivity index (χ1v) is 10.0. The molecule has 8 heteroatoms. The smallest absolute Gasteiger partial charge is 0.229 e. The fourth-order valence-corrected chi connectivity index (χ4v) is 4.78. The largest absolute Gasteiger partial charge is 0.353 e. The van der Waals surface area contributed by atoms with E-state index in [-0.39, 0.29) is 23.4 Å². The summed E-state index contributed by atoms with van der Waals surface area (Å²) in [7, 11) is -2.97. The molecule has 1 fully saturated rings. The molecule has 0 bridgehead atoms. The van der Waals surface area contributed by atoms with Crippen LogP contribution < -0.4 is 10.2 Å². The molecule has 1 aliphatic heterocycles. The zero-order chi connectivity index (χ0) is 18.0. The third-order valence-corrected chi connectivity index (χ3v) is 5.98. The number of nitrogens with one attached hydrogen (secondary N) is 1. The van der Waals surface area contributed by atoms with Crippen molar-refractivity contribution in [3.8, 4) is 0 Å². The molecule has 1 unspecified atom stereocenters. The highest BCUT2D eigenvalue weighted by molar-refractivity contribution is 7.91. The van der Waals surface area contributed by atoms with Crippen molar-refractivity contribution in [1.29, 1.82) is 0 Å². The Labute approximate surface area is 147 Å². The van der Waals surface area contributed by atoms with Crippen LogP contribution in [0.15, 0.2) is 30.3 Å². The average molecular weight is 364 g/mol. The van der Waals surface area contributed by atoms with Crippen LogP contribution in [0.4, 0.5) is 21.8 Å². The van der Waals surface area contributed by atoms with E-state index in [0.29, 0.717) is 30.4 Å². The standard InChI is InChI=1S/C17H21FN4O2S/c1-3-22(15-8-9-25(23,24)11-15)16-10-12(2)19-17(21-16)20-14-6-4-13(18)5-7-14/h4-7,10,15H,3,8-9,11H2,1-2H3,(H,19,20,21). The number of hydrogen-bond acceptors (Lipinski definition) is 6. The maximum atomic E-state index is 13.0. The van der Waals surface area contributed by atoms with E-state index in [1.807, 2.05) is 24.8 Å². The molecular formula is C17H21FN4O2S. The van der Waals surface area contributed by atoms with Gasteiger partial charge in [-0.15, -0.1) is 0 Å². The fourth-order valence-electron chi connectivity index (χ4n) is 3.05. The zero-order valence-corrected chi connectivity index (χ0v) is 15.1. The van der Waals surface area contributed by atoms with Gasteiger partial charge in [-0.2, -0.15) is 4.98 Å². The minimum Gasteiger partial charge on any atom is -0.353 e. The first-order valence-electron chi connectivity index (χ1n) is 8.21. The summed E-state index contributed by atoms with van der Waals surface area (Å²) in [6, 6.07) is 7.73. The summed E-state index contributed by atoms with van der Waals surface area (Å²) in [6.45, 7) is 4.50. The van der Waals surface area contributed by atoms with Crippen molar-refractivity contribution >= 4 is 27.3 Å². The van der Waals surface area contributed by atoms with Crippen LogP contribution >= 0.6 is 0 Å². The van der Waals surface area contributed by atoms with E-state index in [4.69, 9.17) is 0 Å². The molecule has 0 radical (unpaired) electrons. The van der Waals surface area contributed by atoms with Gasteiger partial charge in [-0.25, -0.2) is 17.8 Å². The van der Waals surface area contributed by atoms with Crippen LogP contribution in [0.2, 0.25) is 0 Å². The maximum absolute atomic E-state index is 13.0. The number of hydrogen-bond donors (Lipinski definition) is 1. The Bertz CT molecular complexity index is 855. The Hall–Kier alpha value is -2.22. The molecule has 3 rings (SSSR count). The molecule has 0 saturated carbocycles.